The predicted octanol–water partition coefficient (Wildman–Crippen LogP) is 0.516. The van der Waals surface area contributed by atoms with Crippen LogP contribution < -0.4 is 16.2 Å². The largest absolute Gasteiger partial charge is 0.389 e. The molecule has 5 N–H and O–H groups in total. The fourth-order valence-corrected chi connectivity index (χ4v) is 3.37. The van der Waals surface area contributed by atoms with Gasteiger partial charge in [0.2, 0.25) is 15.9 Å². The first-order chi connectivity index (χ1) is 8.97. The summed E-state index contributed by atoms with van der Waals surface area (Å²) in [6, 6.07) is 4.03. The number of benzene rings is 1. The standard InChI is InChI=1S/C11H14ClN3O3S2/c1-11(2,10(14)16)15-20(17,18)8-4-3-6(9(13)19)5-7(8)12/h3-5,15H,1-2H3,(H2,13,19)(H2,14,16). The molecule has 0 atom stereocenters. The van der Waals surface area contributed by atoms with E-state index in [1.165, 1.54) is 32.0 Å². The number of rotatable bonds is 5. The lowest BCUT2D eigenvalue weighted by molar-refractivity contribution is -0.122. The van der Waals surface area contributed by atoms with Gasteiger partial charge in [0.25, 0.3) is 0 Å². The van der Waals surface area contributed by atoms with Gasteiger partial charge in [0.05, 0.1) is 5.02 Å². The van der Waals surface area contributed by atoms with Crippen LogP contribution in [-0.2, 0) is 14.8 Å². The molecule has 0 saturated carbocycles. The van der Waals surface area contributed by atoms with E-state index in [9.17, 15) is 13.2 Å². The molecule has 1 aromatic rings. The van der Waals surface area contributed by atoms with Crippen LogP contribution in [0.5, 0.6) is 0 Å². The molecule has 0 radical (unpaired) electrons. The van der Waals surface area contributed by atoms with Crippen molar-refractivity contribution in [3.05, 3.63) is 28.8 Å². The number of hydrogen-bond donors (Lipinski definition) is 3. The minimum Gasteiger partial charge on any atom is -0.389 e. The number of carbonyl (C=O) groups is 1. The molecule has 110 valence electrons. The van der Waals surface area contributed by atoms with Gasteiger partial charge in [-0.3, -0.25) is 4.79 Å². The molecule has 0 aliphatic carbocycles. The third-order valence-electron chi connectivity index (χ3n) is 2.51. The van der Waals surface area contributed by atoms with Crippen LogP contribution in [0.15, 0.2) is 23.1 Å². The number of hydrogen-bond acceptors (Lipinski definition) is 4. The lowest BCUT2D eigenvalue weighted by atomic mass is 10.1. The summed E-state index contributed by atoms with van der Waals surface area (Å²) < 4.78 is 26.6. The Hall–Kier alpha value is -1.22. The van der Waals surface area contributed by atoms with Gasteiger partial charge in [0.15, 0.2) is 0 Å². The van der Waals surface area contributed by atoms with E-state index in [1.54, 1.807) is 0 Å². The van der Waals surface area contributed by atoms with E-state index in [0.717, 1.165) is 0 Å². The monoisotopic (exact) mass is 335 g/mol. The number of carbonyl (C=O) groups excluding carboxylic acids is 1. The third kappa shape index (κ3) is 3.66. The molecule has 20 heavy (non-hydrogen) atoms. The number of amides is 1. The molecular weight excluding hydrogens is 322 g/mol. The van der Waals surface area contributed by atoms with Gasteiger partial charge in [0.1, 0.15) is 15.4 Å². The van der Waals surface area contributed by atoms with Gasteiger partial charge in [-0.2, -0.15) is 4.72 Å². The summed E-state index contributed by atoms with van der Waals surface area (Å²) >= 11 is 10.7. The maximum absolute atomic E-state index is 12.2. The summed E-state index contributed by atoms with van der Waals surface area (Å²) in [6.07, 6.45) is 0. The first kappa shape index (κ1) is 16.8. The molecule has 0 bridgehead atoms. The van der Waals surface area contributed by atoms with E-state index < -0.39 is 21.5 Å². The topological polar surface area (TPSA) is 115 Å². The second kappa shape index (κ2) is 5.65. The maximum Gasteiger partial charge on any atom is 0.243 e. The Balaban J connectivity index is 3.24. The van der Waals surface area contributed by atoms with Crippen LogP contribution in [0.2, 0.25) is 5.02 Å². The van der Waals surface area contributed by atoms with Crippen molar-refractivity contribution in [3.8, 4) is 0 Å². The average Bonchev–Trinajstić information content (AvgIpc) is 2.26. The Labute approximate surface area is 127 Å². The summed E-state index contributed by atoms with van der Waals surface area (Å²) in [7, 11) is -4.00. The summed E-state index contributed by atoms with van der Waals surface area (Å²) in [5.41, 5.74) is 9.56. The smallest absolute Gasteiger partial charge is 0.243 e. The van der Waals surface area contributed by atoms with E-state index in [4.69, 9.17) is 35.3 Å². The van der Waals surface area contributed by atoms with Crippen LogP contribution in [0.1, 0.15) is 19.4 Å². The Morgan fingerprint density at radius 3 is 2.30 bits per heavy atom. The average molecular weight is 336 g/mol. The van der Waals surface area contributed by atoms with Crippen molar-refractivity contribution < 1.29 is 13.2 Å². The molecule has 0 heterocycles. The lowest BCUT2D eigenvalue weighted by Crippen LogP contribution is -2.52. The molecule has 1 aromatic carbocycles. The Bertz CT molecular complexity index is 671. The highest BCUT2D eigenvalue weighted by Gasteiger charge is 2.32. The second-order valence-electron chi connectivity index (χ2n) is 4.60. The Kier molecular flexibility index (Phi) is 4.75. The Morgan fingerprint density at radius 2 is 1.90 bits per heavy atom. The van der Waals surface area contributed by atoms with Gasteiger partial charge in [0, 0.05) is 5.56 Å². The fraction of sp³-hybridized carbons (Fsp3) is 0.273. The molecule has 0 aliphatic heterocycles. The van der Waals surface area contributed by atoms with Crippen molar-refractivity contribution in [3.63, 3.8) is 0 Å². The van der Waals surface area contributed by atoms with Crippen molar-refractivity contribution in [2.45, 2.75) is 24.3 Å². The molecule has 0 fully saturated rings. The Morgan fingerprint density at radius 1 is 1.35 bits per heavy atom. The molecule has 0 unspecified atom stereocenters. The van der Waals surface area contributed by atoms with Crippen molar-refractivity contribution in [2.24, 2.45) is 11.5 Å². The normalized spacial score (nSPS) is 12.2. The first-order valence-electron chi connectivity index (χ1n) is 5.40. The van der Waals surface area contributed by atoms with Crippen LogP contribution in [0.25, 0.3) is 0 Å². The number of thiocarbonyl (C=S) groups is 1. The lowest BCUT2D eigenvalue weighted by Gasteiger charge is -2.22. The molecule has 9 heteroatoms. The van der Waals surface area contributed by atoms with Crippen molar-refractivity contribution >= 4 is 44.7 Å². The van der Waals surface area contributed by atoms with Crippen molar-refractivity contribution in [2.75, 3.05) is 0 Å². The van der Waals surface area contributed by atoms with Crippen LogP contribution in [-0.4, -0.2) is 24.9 Å². The van der Waals surface area contributed by atoms with E-state index in [0.29, 0.717) is 5.56 Å². The quantitative estimate of drug-likeness (QED) is 0.678. The molecule has 0 aliphatic rings. The van der Waals surface area contributed by atoms with Gasteiger partial charge in [-0.05, 0) is 26.0 Å². The zero-order valence-electron chi connectivity index (χ0n) is 10.8. The van der Waals surface area contributed by atoms with Crippen LogP contribution in [0, 0.1) is 0 Å². The maximum atomic E-state index is 12.2. The molecule has 0 saturated heterocycles. The molecule has 1 amide bonds. The van der Waals surface area contributed by atoms with Gasteiger partial charge < -0.3 is 11.5 Å². The minimum absolute atomic E-state index is 0.0527. The molecule has 1 rings (SSSR count). The molecule has 0 aromatic heterocycles. The fourth-order valence-electron chi connectivity index (χ4n) is 1.31. The minimum atomic E-state index is -4.00. The predicted molar refractivity (Wildman–Crippen MR) is 80.9 cm³/mol. The highest BCUT2D eigenvalue weighted by Crippen LogP contribution is 2.24. The highest BCUT2D eigenvalue weighted by atomic mass is 35.5. The number of nitrogens with one attached hydrogen (secondary N) is 1. The van der Waals surface area contributed by atoms with E-state index >= 15 is 0 Å². The van der Waals surface area contributed by atoms with Gasteiger partial charge >= 0.3 is 0 Å². The van der Waals surface area contributed by atoms with Gasteiger partial charge in [-0.25, -0.2) is 8.42 Å². The number of primary amides is 1. The van der Waals surface area contributed by atoms with Crippen molar-refractivity contribution in [1.29, 1.82) is 0 Å². The molecule has 6 nitrogen and oxygen atoms in total. The first-order valence-corrected chi connectivity index (χ1v) is 7.67. The van der Waals surface area contributed by atoms with E-state index in [2.05, 4.69) is 4.72 Å². The highest BCUT2D eigenvalue weighted by molar-refractivity contribution is 7.89. The number of nitrogens with two attached hydrogens (primary N) is 2. The summed E-state index contributed by atoms with van der Waals surface area (Å²) in [5.74, 6) is -0.808. The zero-order chi connectivity index (χ0) is 15.7. The molecule has 0 spiro atoms. The summed E-state index contributed by atoms with van der Waals surface area (Å²) in [6.45, 7) is 2.70. The van der Waals surface area contributed by atoms with Crippen molar-refractivity contribution in [1.82, 2.24) is 4.72 Å². The number of sulfonamides is 1. The number of halogens is 1. The summed E-state index contributed by atoms with van der Waals surface area (Å²) in [4.78, 5) is 11.1. The SMILES string of the molecule is CC(C)(NS(=O)(=O)c1ccc(C(N)=S)cc1Cl)C(N)=O. The van der Waals surface area contributed by atoms with Gasteiger partial charge in [-0.1, -0.05) is 29.9 Å². The van der Waals surface area contributed by atoms with E-state index in [1.807, 2.05) is 0 Å². The van der Waals surface area contributed by atoms with Crippen LogP contribution >= 0.6 is 23.8 Å². The zero-order valence-corrected chi connectivity index (χ0v) is 13.2. The summed E-state index contributed by atoms with van der Waals surface area (Å²) in [5, 5.41) is -0.0527. The van der Waals surface area contributed by atoms with E-state index in [-0.39, 0.29) is 14.9 Å². The third-order valence-corrected chi connectivity index (χ3v) is 4.89. The van der Waals surface area contributed by atoms with Gasteiger partial charge in [-0.15, -0.1) is 0 Å². The molecular formula is C11H14ClN3O3S2. The van der Waals surface area contributed by atoms with Crippen LogP contribution in [0.3, 0.4) is 0 Å². The van der Waals surface area contributed by atoms with Crippen LogP contribution in [0.4, 0.5) is 0 Å². The second-order valence-corrected chi connectivity index (χ2v) is 7.10.